The molecule has 2 saturated heterocycles. The summed E-state index contributed by atoms with van der Waals surface area (Å²) >= 11 is 1.60. The third-order valence-corrected chi connectivity index (χ3v) is 17.3. The van der Waals surface area contributed by atoms with Crippen LogP contribution in [0.25, 0.3) is 21.3 Å². The number of benzene rings is 1. The van der Waals surface area contributed by atoms with Gasteiger partial charge in [-0.15, -0.1) is 10.2 Å². The van der Waals surface area contributed by atoms with E-state index in [9.17, 15) is 9.59 Å². The van der Waals surface area contributed by atoms with Gasteiger partial charge in [0.25, 0.3) is 5.91 Å². The summed E-state index contributed by atoms with van der Waals surface area (Å²) < 4.78 is 16.5. The normalized spacial score (nSPS) is 27.1. The summed E-state index contributed by atoms with van der Waals surface area (Å²) in [5, 5.41) is 18.9. The van der Waals surface area contributed by atoms with Crippen LogP contribution in [0.1, 0.15) is 125 Å². The number of pyridine rings is 1. The zero-order valence-corrected chi connectivity index (χ0v) is 41.6. The summed E-state index contributed by atoms with van der Waals surface area (Å²) in [6.07, 6.45) is 15.2. The lowest BCUT2D eigenvalue weighted by atomic mass is 9.39. The third kappa shape index (κ3) is 8.85. The lowest BCUT2D eigenvalue weighted by Crippen LogP contribution is -2.64. The molecule has 3 aliphatic heterocycles. The Hall–Kier alpha value is -4.83. The van der Waals surface area contributed by atoms with Crippen molar-refractivity contribution in [3.05, 3.63) is 65.1 Å². The number of hydrogen-bond acceptors (Lipinski definition) is 13. The number of fused-ring (bicyclic) bond motifs is 2. The molecule has 2 atom stereocenters. The van der Waals surface area contributed by atoms with E-state index in [0.717, 1.165) is 101 Å². The van der Waals surface area contributed by atoms with Gasteiger partial charge in [-0.1, -0.05) is 37.3 Å². The Kier molecular flexibility index (Phi) is 12.0. The first-order chi connectivity index (χ1) is 32.8. The standard InChI is InChI=1S/C53H68N10O4S/c1-35(64)18-25-66-38-16-22-61(23-17-38)48(65)45-40(14-15-44(56-45)62-21-10-11-39-36(2)46(58-59-47(39)62)57-49-55-42-12-6-7-13-43(42)68-49)41-27-54-63(37(41)3)34-52-29-50(4)28-51(5,30-52)32-53(31-50,33-52)67-26-24-60-19-8-9-20-60/h6-7,12-15,27,38H,8-11,16-26,28-34H2,1-5H3,(H,55,57,58). The fourth-order valence-corrected chi connectivity index (χ4v) is 15.3. The highest BCUT2D eigenvalue weighted by atomic mass is 32.1. The van der Waals surface area contributed by atoms with Crippen LogP contribution in [-0.4, -0.2) is 116 Å². The van der Waals surface area contributed by atoms with E-state index in [2.05, 4.69) is 59.6 Å². The number of amides is 1. The molecule has 68 heavy (non-hydrogen) atoms. The molecule has 4 saturated carbocycles. The highest BCUT2D eigenvalue weighted by Crippen LogP contribution is 2.72. The van der Waals surface area contributed by atoms with E-state index in [1.807, 2.05) is 35.4 Å². The van der Waals surface area contributed by atoms with Crippen LogP contribution in [-0.2, 0) is 27.2 Å². The molecule has 4 aromatic heterocycles. The average molecular weight is 941 g/mol. The fourth-order valence-electron chi connectivity index (χ4n) is 14.4. The van der Waals surface area contributed by atoms with Gasteiger partial charge in [0, 0.05) is 67.1 Å². The molecular formula is C53H68N10O4S. The maximum atomic E-state index is 15.0. The molecule has 0 radical (unpaired) electrons. The van der Waals surface area contributed by atoms with Crippen LogP contribution >= 0.6 is 11.3 Å². The van der Waals surface area contributed by atoms with Crippen LogP contribution in [0, 0.1) is 30.1 Å². The second-order valence-electron chi connectivity index (χ2n) is 22.3. The van der Waals surface area contributed by atoms with Gasteiger partial charge >= 0.3 is 0 Å². The lowest BCUT2D eigenvalue weighted by Gasteiger charge is -2.69. The Bertz CT molecular complexity index is 2670. The second-order valence-corrected chi connectivity index (χ2v) is 23.3. The topological polar surface area (TPSA) is 144 Å². The second kappa shape index (κ2) is 17.8. The van der Waals surface area contributed by atoms with Crippen LogP contribution in [0.3, 0.4) is 0 Å². The number of piperidine rings is 1. The van der Waals surface area contributed by atoms with Crippen molar-refractivity contribution in [1.82, 2.24) is 39.7 Å². The van der Waals surface area contributed by atoms with Crippen molar-refractivity contribution in [2.45, 2.75) is 136 Å². The number of carbonyl (C=O) groups is 2. The van der Waals surface area contributed by atoms with E-state index in [1.54, 1.807) is 18.3 Å². The summed E-state index contributed by atoms with van der Waals surface area (Å²) in [4.78, 5) is 43.3. The molecule has 2 unspecified atom stereocenters. The number of para-hydroxylation sites is 1. The summed E-state index contributed by atoms with van der Waals surface area (Å²) in [6, 6.07) is 12.2. The van der Waals surface area contributed by atoms with E-state index >= 15 is 0 Å². The first-order valence-electron chi connectivity index (χ1n) is 25.3. The average Bonchev–Trinajstić information content (AvgIpc) is 4.06. The van der Waals surface area contributed by atoms with Gasteiger partial charge in [0.1, 0.15) is 17.3 Å². The predicted octanol–water partition coefficient (Wildman–Crippen LogP) is 9.62. The van der Waals surface area contributed by atoms with Crippen molar-refractivity contribution in [2.24, 2.45) is 16.2 Å². The molecule has 0 spiro atoms. The Balaban J connectivity index is 0.887. The van der Waals surface area contributed by atoms with E-state index in [4.69, 9.17) is 34.7 Å². The summed E-state index contributed by atoms with van der Waals surface area (Å²) in [5.41, 5.74) is 6.80. The van der Waals surface area contributed by atoms with Gasteiger partial charge in [-0.05, 0) is 151 Å². The molecule has 7 aliphatic rings. The summed E-state index contributed by atoms with van der Waals surface area (Å²) in [5.74, 6) is 2.17. The van der Waals surface area contributed by atoms with Gasteiger partial charge in [-0.3, -0.25) is 14.3 Å². The Morgan fingerprint density at radius 2 is 1.63 bits per heavy atom. The zero-order valence-electron chi connectivity index (χ0n) is 40.7. The molecular weight excluding hydrogens is 873 g/mol. The van der Waals surface area contributed by atoms with Crippen LogP contribution < -0.4 is 10.2 Å². The minimum atomic E-state index is -0.0963. The Labute approximate surface area is 404 Å². The number of thiazole rings is 1. The third-order valence-electron chi connectivity index (χ3n) is 16.3. The quantitative estimate of drug-likeness (QED) is 0.107. The summed E-state index contributed by atoms with van der Waals surface area (Å²) in [7, 11) is 0. The van der Waals surface area contributed by atoms with Crippen molar-refractivity contribution in [3.63, 3.8) is 0 Å². The SMILES string of the molecule is CC(=O)CCOC1CCN(C(=O)c2nc(N3CCCc4c3nnc(Nc3nc5ccccc5s3)c4C)ccc2-c2cnn(CC34CC5(C)CC(C)(C3)CC(OCCN3CCCC3)(C5)C4)c2C)CC1. The van der Waals surface area contributed by atoms with Crippen molar-refractivity contribution in [2.75, 3.05) is 62.7 Å². The molecule has 5 aromatic rings. The number of ether oxygens (including phenoxy) is 2. The van der Waals surface area contributed by atoms with Gasteiger partial charge in [0.2, 0.25) is 0 Å². The van der Waals surface area contributed by atoms with Crippen molar-refractivity contribution in [1.29, 1.82) is 0 Å². The Morgan fingerprint density at radius 3 is 2.40 bits per heavy atom. The van der Waals surface area contributed by atoms with Gasteiger partial charge < -0.3 is 29.5 Å². The fraction of sp³-hybridized carbons (Fsp3) is 0.604. The number of nitrogens with one attached hydrogen (secondary N) is 1. The first-order valence-corrected chi connectivity index (χ1v) is 26.2. The highest BCUT2D eigenvalue weighted by molar-refractivity contribution is 7.22. The minimum absolute atomic E-state index is 0.0158. The molecule has 1 N–H and O–H groups in total. The molecule has 7 heterocycles. The minimum Gasteiger partial charge on any atom is -0.378 e. The van der Waals surface area contributed by atoms with E-state index < -0.39 is 0 Å². The smallest absolute Gasteiger partial charge is 0.273 e. The van der Waals surface area contributed by atoms with Crippen LogP contribution in [0.4, 0.5) is 22.6 Å². The number of rotatable bonds is 15. The van der Waals surface area contributed by atoms with Crippen molar-refractivity contribution in [3.8, 4) is 11.1 Å². The summed E-state index contributed by atoms with van der Waals surface area (Å²) in [6.45, 7) is 18.2. The van der Waals surface area contributed by atoms with E-state index in [-0.39, 0.29) is 39.6 Å². The van der Waals surface area contributed by atoms with Gasteiger partial charge in [-0.25, -0.2) is 9.97 Å². The zero-order chi connectivity index (χ0) is 46.8. The monoisotopic (exact) mass is 941 g/mol. The number of carbonyl (C=O) groups excluding carboxylic acids is 2. The van der Waals surface area contributed by atoms with Gasteiger partial charge in [0.15, 0.2) is 16.8 Å². The van der Waals surface area contributed by atoms with Crippen LogP contribution in [0.15, 0.2) is 42.6 Å². The molecule has 1 amide bonds. The molecule has 15 heteroatoms. The number of Topliss-reactive ketones (excluding diaryl/α,β-unsaturated/α-hetero) is 1. The molecule has 6 fully saturated rings. The molecule has 14 nitrogen and oxygen atoms in total. The van der Waals surface area contributed by atoms with Crippen molar-refractivity contribution < 1.29 is 19.1 Å². The molecule has 360 valence electrons. The number of likely N-dealkylation sites (tertiary alicyclic amines) is 2. The maximum Gasteiger partial charge on any atom is 0.273 e. The molecule has 4 aliphatic carbocycles. The van der Waals surface area contributed by atoms with E-state index in [0.29, 0.717) is 62.8 Å². The van der Waals surface area contributed by atoms with Crippen LogP contribution in [0.2, 0.25) is 0 Å². The first kappa shape index (κ1) is 45.6. The van der Waals surface area contributed by atoms with Crippen LogP contribution in [0.5, 0.6) is 0 Å². The highest BCUT2D eigenvalue weighted by Gasteiger charge is 2.66. The largest absolute Gasteiger partial charge is 0.378 e. The van der Waals surface area contributed by atoms with Gasteiger partial charge in [0.05, 0.1) is 41.3 Å². The van der Waals surface area contributed by atoms with Gasteiger partial charge in [-0.2, -0.15) is 5.10 Å². The molecule has 12 rings (SSSR count). The number of anilines is 4. The number of nitrogens with zero attached hydrogens (tertiary/aromatic N) is 9. The molecule has 4 bridgehead atoms. The van der Waals surface area contributed by atoms with E-state index in [1.165, 1.54) is 45.2 Å². The number of hydrogen-bond donors (Lipinski definition) is 1. The van der Waals surface area contributed by atoms with Crippen molar-refractivity contribution >= 4 is 55.8 Å². The number of aromatic nitrogens is 6. The lowest BCUT2D eigenvalue weighted by molar-refractivity contribution is -0.248. The maximum absolute atomic E-state index is 15.0. The molecule has 1 aromatic carbocycles. The predicted molar refractivity (Wildman–Crippen MR) is 266 cm³/mol. The number of ketones is 1. The Morgan fingerprint density at radius 1 is 0.853 bits per heavy atom.